The van der Waals surface area contributed by atoms with E-state index in [2.05, 4.69) is 4.98 Å². The first kappa shape index (κ1) is 21.2. The number of ether oxygens (including phenoxy) is 1. The van der Waals surface area contributed by atoms with Crippen LogP contribution in [0.3, 0.4) is 0 Å². The Kier molecular flexibility index (Phi) is 5.41. The topological polar surface area (TPSA) is 89.8 Å². The molecule has 1 N–H and O–H groups in total. The monoisotopic (exact) mass is 467 g/mol. The fourth-order valence-electron chi connectivity index (χ4n) is 2.52. The number of carbonyl (C=O) groups is 1. The third kappa shape index (κ3) is 3.98. The van der Waals surface area contributed by atoms with Gasteiger partial charge in [-0.2, -0.15) is 13.2 Å². The van der Waals surface area contributed by atoms with Crippen molar-refractivity contribution in [3.8, 4) is 5.75 Å². The van der Waals surface area contributed by atoms with Gasteiger partial charge in [0.15, 0.2) is 11.4 Å². The predicted molar refractivity (Wildman–Crippen MR) is 97.9 cm³/mol. The Hall–Kier alpha value is -2.50. The van der Waals surface area contributed by atoms with Crippen molar-refractivity contribution in [2.75, 3.05) is 7.11 Å². The largest absolute Gasteiger partial charge is 0.497 e. The third-order valence-corrected chi connectivity index (χ3v) is 5.84. The highest BCUT2D eigenvalue weighted by molar-refractivity contribution is 7.90. The summed E-state index contributed by atoms with van der Waals surface area (Å²) in [5, 5.41) is -0.625. The van der Waals surface area contributed by atoms with Crippen LogP contribution in [-0.4, -0.2) is 30.8 Å². The molecule has 0 saturated heterocycles. The molecule has 0 radical (unpaired) electrons. The Morgan fingerprint density at radius 2 is 1.90 bits per heavy atom. The molecule has 3 aromatic rings. The van der Waals surface area contributed by atoms with Crippen molar-refractivity contribution >= 4 is 44.8 Å². The lowest BCUT2D eigenvalue weighted by Gasteiger charge is -2.11. The first-order valence-corrected chi connectivity index (χ1v) is 9.84. The van der Waals surface area contributed by atoms with Gasteiger partial charge in [0, 0.05) is 6.07 Å². The molecule has 0 saturated carbocycles. The number of amides is 1. The van der Waals surface area contributed by atoms with Crippen LogP contribution in [0.15, 0.2) is 41.3 Å². The van der Waals surface area contributed by atoms with Crippen molar-refractivity contribution < 1.29 is 31.1 Å². The van der Waals surface area contributed by atoms with E-state index in [1.54, 1.807) is 4.72 Å². The highest BCUT2D eigenvalue weighted by Gasteiger charge is 2.41. The summed E-state index contributed by atoms with van der Waals surface area (Å²) in [6.45, 7) is 0. The van der Waals surface area contributed by atoms with Gasteiger partial charge in [0.05, 0.1) is 12.1 Å². The molecule has 0 fully saturated rings. The second kappa shape index (κ2) is 7.39. The second-order valence-electron chi connectivity index (χ2n) is 5.58. The fourth-order valence-corrected chi connectivity index (χ4v) is 4.23. The number of halogens is 5. The first-order chi connectivity index (χ1) is 13.5. The number of aromatic nitrogens is 2. The summed E-state index contributed by atoms with van der Waals surface area (Å²) in [7, 11) is -3.37. The number of alkyl halides is 3. The zero-order valence-corrected chi connectivity index (χ0v) is 16.6. The Balaban J connectivity index is 2.10. The van der Waals surface area contributed by atoms with Gasteiger partial charge >= 0.3 is 6.18 Å². The Morgan fingerprint density at radius 3 is 2.52 bits per heavy atom. The van der Waals surface area contributed by atoms with Gasteiger partial charge in [0.1, 0.15) is 21.4 Å². The highest BCUT2D eigenvalue weighted by Crippen LogP contribution is 2.35. The molecule has 13 heteroatoms. The van der Waals surface area contributed by atoms with Gasteiger partial charge in [-0.15, -0.1) is 0 Å². The number of methoxy groups -OCH3 is 1. The van der Waals surface area contributed by atoms with Crippen LogP contribution in [0.1, 0.15) is 16.2 Å². The number of hydrogen-bond donors (Lipinski definition) is 1. The third-order valence-electron chi connectivity index (χ3n) is 3.73. The molecule has 0 unspecified atom stereocenters. The van der Waals surface area contributed by atoms with Crippen LogP contribution >= 0.6 is 23.2 Å². The minimum Gasteiger partial charge on any atom is -0.497 e. The molecule has 29 heavy (non-hydrogen) atoms. The standard InChI is InChI=1S/C16H10Cl2F3N3O4S/c1-28-8-5-6-9(17)10(7-8)29(26,27)23-15(25)13-14(16(19,20)21)24-11(18)3-2-4-12(24)22-13/h2-7H,1H3,(H,23,25). The molecule has 0 aliphatic heterocycles. The minimum absolute atomic E-state index is 0.109. The normalized spacial score (nSPS) is 12.2. The molecule has 154 valence electrons. The lowest BCUT2D eigenvalue weighted by atomic mass is 10.3. The predicted octanol–water partition coefficient (Wildman–Crippen LogP) is 3.79. The molecule has 7 nitrogen and oxygen atoms in total. The SMILES string of the molecule is COc1ccc(Cl)c(S(=O)(=O)NC(=O)c2nc3cccc(Cl)n3c2C(F)(F)F)c1. The average molecular weight is 468 g/mol. The number of fused-ring (bicyclic) bond motifs is 1. The molecule has 0 spiro atoms. The van der Waals surface area contributed by atoms with Gasteiger partial charge in [0.2, 0.25) is 0 Å². The number of pyridine rings is 1. The molecule has 3 rings (SSSR count). The van der Waals surface area contributed by atoms with E-state index < -0.39 is 38.4 Å². The molecule has 0 atom stereocenters. The molecule has 0 bridgehead atoms. The van der Waals surface area contributed by atoms with Crippen LogP contribution in [0, 0.1) is 0 Å². The van der Waals surface area contributed by atoms with Crippen molar-refractivity contribution in [3.05, 3.63) is 58.0 Å². The quantitative estimate of drug-likeness (QED) is 0.589. The first-order valence-electron chi connectivity index (χ1n) is 7.60. The summed E-state index contributed by atoms with van der Waals surface area (Å²) in [6, 6.07) is 7.27. The number of sulfonamides is 1. The maximum Gasteiger partial charge on any atom is 0.434 e. The number of benzene rings is 1. The lowest BCUT2D eigenvalue weighted by molar-refractivity contribution is -0.142. The molecule has 2 aromatic heterocycles. The number of nitrogens with one attached hydrogen (secondary N) is 1. The molecule has 1 aromatic carbocycles. The molecule has 1 amide bonds. The number of imidazole rings is 1. The maximum absolute atomic E-state index is 13.6. The van der Waals surface area contributed by atoms with Gasteiger partial charge in [-0.3, -0.25) is 9.20 Å². The number of carbonyl (C=O) groups excluding carboxylic acids is 1. The van der Waals surface area contributed by atoms with E-state index in [1.807, 2.05) is 0 Å². The average Bonchev–Trinajstić information content (AvgIpc) is 3.03. The minimum atomic E-state index is -5.05. The summed E-state index contributed by atoms with van der Waals surface area (Å²) in [6.07, 6.45) is -5.05. The number of nitrogens with zero attached hydrogens (tertiary/aromatic N) is 2. The van der Waals surface area contributed by atoms with Crippen molar-refractivity contribution in [2.24, 2.45) is 0 Å². The molecule has 2 heterocycles. The van der Waals surface area contributed by atoms with Crippen molar-refractivity contribution in [1.29, 1.82) is 0 Å². The van der Waals surface area contributed by atoms with E-state index in [-0.39, 0.29) is 21.6 Å². The number of rotatable bonds is 4. The summed E-state index contributed by atoms with van der Waals surface area (Å²) >= 11 is 11.7. The van der Waals surface area contributed by atoms with Crippen LogP contribution < -0.4 is 9.46 Å². The molecular formula is C16H10Cl2F3N3O4S. The van der Waals surface area contributed by atoms with Gasteiger partial charge in [0.25, 0.3) is 15.9 Å². The van der Waals surface area contributed by atoms with Gasteiger partial charge in [-0.25, -0.2) is 18.1 Å². The summed E-state index contributed by atoms with van der Waals surface area (Å²) < 4.78 is 72.8. The lowest BCUT2D eigenvalue weighted by Crippen LogP contribution is -2.32. The van der Waals surface area contributed by atoms with E-state index in [0.29, 0.717) is 4.40 Å². The Morgan fingerprint density at radius 1 is 1.21 bits per heavy atom. The van der Waals surface area contributed by atoms with Crippen LogP contribution in [-0.2, 0) is 16.2 Å². The van der Waals surface area contributed by atoms with Crippen molar-refractivity contribution in [2.45, 2.75) is 11.1 Å². The number of hydrogen-bond acceptors (Lipinski definition) is 5. The molecular weight excluding hydrogens is 458 g/mol. The fraction of sp³-hybridized carbons (Fsp3) is 0.125. The second-order valence-corrected chi connectivity index (χ2v) is 8.03. The summed E-state index contributed by atoms with van der Waals surface area (Å²) in [4.78, 5) is 15.5. The summed E-state index contributed by atoms with van der Waals surface area (Å²) in [5.41, 5.74) is -2.96. The smallest absolute Gasteiger partial charge is 0.434 e. The summed E-state index contributed by atoms with van der Waals surface area (Å²) in [5.74, 6) is -1.49. The van der Waals surface area contributed by atoms with E-state index in [0.717, 1.165) is 6.07 Å². The zero-order chi connectivity index (χ0) is 21.6. The van der Waals surface area contributed by atoms with Crippen molar-refractivity contribution in [3.63, 3.8) is 0 Å². The Labute approximate surface area is 172 Å². The van der Waals surface area contributed by atoms with E-state index >= 15 is 0 Å². The molecule has 0 aliphatic carbocycles. The zero-order valence-electron chi connectivity index (χ0n) is 14.3. The van der Waals surface area contributed by atoms with E-state index in [1.165, 1.54) is 37.4 Å². The molecule has 0 aliphatic rings. The van der Waals surface area contributed by atoms with Crippen LogP contribution in [0.5, 0.6) is 5.75 Å². The van der Waals surface area contributed by atoms with Crippen LogP contribution in [0.25, 0.3) is 5.65 Å². The van der Waals surface area contributed by atoms with E-state index in [9.17, 15) is 26.4 Å². The van der Waals surface area contributed by atoms with Gasteiger partial charge in [-0.1, -0.05) is 29.3 Å². The van der Waals surface area contributed by atoms with Crippen molar-refractivity contribution in [1.82, 2.24) is 14.1 Å². The van der Waals surface area contributed by atoms with Gasteiger partial charge in [-0.05, 0) is 24.3 Å². The van der Waals surface area contributed by atoms with Crippen LogP contribution in [0.4, 0.5) is 13.2 Å². The van der Waals surface area contributed by atoms with Crippen LogP contribution in [0.2, 0.25) is 10.2 Å². The highest BCUT2D eigenvalue weighted by atomic mass is 35.5. The van der Waals surface area contributed by atoms with E-state index in [4.69, 9.17) is 27.9 Å². The maximum atomic E-state index is 13.6. The van der Waals surface area contributed by atoms with Gasteiger partial charge < -0.3 is 4.74 Å². The Bertz CT molecular complexity index is 1230.